The Bertz CT molecular complexity index is 1440. The van der Waals surface area contributed by atoms with Crippen LogP contribution in [0.3, 0.4) is 0 Å². The van der Waals surface area contributed by atoms with Gasteiger partial charge in [0.15, 0.2) is 0 Å². The standard InChI is InChI=1S/C33H40FN3O4S/c1-3-25-18-20-29(21-19-25)37(42(2,40)41)24-32(38)36(23-27-14-10-11-17-30(27)34)31(22-26-12-6-4-7-13-26)33(39)35-28-15-8-5-9-16-28/h4,6-7,10-14,17-21,28,31H,3,5,8-9,15-16,22-24H2,1-2H3,(H,35,39)/t31-/m0/s1. The number of amides is 2. The molecule has 0 bridgehead atoms. The topological polar surface area (TPSA) is 86.8 Å². The average Bonchev–Trinajstić information content (AvgIpc) is 2.99. The zero-order chi connectivity index (χ0) is 30.1. The Kier molecular flexibility index (Phi) is 10.7. The quantitative estimate of drug-likeness (QED) is 0.311. The first-order chi connectivity index (χ1) is 20.2. The van der Waals surface area contributed by atoms with Gasteiger partial charge in [0.2, 0.25) is 21.8 Å². The van der Waals surface area contributed by atoms with E-state index in [1.54, 1.807) is 30.3 Å². The van der Waals surface area contributed by atoms with Crippen LogP contribution in [0.2, 0.25) is 0 Å². The van der Waals surface area contributed by atoms with Crippen LogP contribution >= 0.6 is 0 Å². The summed E-state index contributed by atoms with van der Waals surface area (Å²) >= 11 is 0. The molecule has 0 heterocycles. The fourth-order valence-electron chi connectivity index (χ4n) is 5.42. The van der Waals surface area contributed by atoms with Crippen molar-refractivity contribution in [2.75, 3.05) is 17.1 Å². The summed E-state index contributed by atoms with van der Waals surface area (Å²) in [6, 6.07) is 21.5. The molecular weight excluding hydrogens is 553 g/mol. The zero-order valence-electron chi connectivity index (χ0n) is 24.3. The Hall–Kier alpha value is -3.72. The third-order valence-electron chi connectivity index (χ3n) is 7.83. The molecule has 224 valence electrons. The molecule has 0 saturated heterocycles. The van der Waals surface area contributed by atoms with Crippen molar-refractivity contribution < 1.29 is 22.4 Å². The van der Waals surface area contributed by atoms with E-state index in [0.717, 1.165) is 60.2 Å². The summed E-state index contributed by atoms with van der Waals surface area (Å²) < 4.78 is 41.8. The van der Waals surface area contributed by atoms with Crippen LogP contribution in [0.25, 0.3) is 0 Å². The van der Waals surface area contributed by atoms with Crippen LogP contribution in [0, 0.1) is 5.82 Å². The van der Waals surface area contributed by atoms with Gasteiger partial charge in [-0.15, -0.1) is 0 Å². The normalized spacial score (nSPS) is 14.6. The lowest BCUT2D eigenvalue weighted by molar-refractivity contribution is -0.140. The molecule has 9 heteroatoms. The second kappa shape index (κ2) is 14.4. The third kappa shape index (κ3) is 8.41. The van der Waals surface area contributed by atoms with Crippen molar-refractivity contribution in [2.24, 2.45) is 0 Å². The summed E-state index contributed by atoms with van der Waals surface area (Å²) in [6.07, 6.45) is 6.92. The van der Waals surface area contributed by atoms with Gasteiger partial charge in [-0.1, -0.05) is 86.8 Å². The third-order valence-corrected chi connectivity index (χ3v) is 8.97. The van der Waals surface area contributed by atoms with E-state index in [1.165, 1.54) is 11.0 Å². The van der Waals surface area contributed by atoms with Crippen LogP contribution in [0.4, 0.5) is 10.1 Å². The summed E-state index contributed by atoms with van der Waals surface area (Å²) in [5.41, 5.74) is 2.46. The smallest absolute Gasteiger partial charge is 0.244 e. The highest BCUT2D eigenvalue weighted by Gasteiger charge is 2.34. The number of anilines is 1. The van der Waals surface area contributed by atoms with Gasteiger partial charge in [-0.25, -0.2) is 12.8 Å². The SMILES string of the molecule is CCc1ccc(N(CC(=O)N(Cc2ccccc2F)[C@@H](Cc2ccccc2)C(=O)NC2CCCCC2)S(C)(=O)=O)cc1. The Morgan fingerprint density at radius 1 is 0.905 bits per heavy atom. The predicted molar refractivity (Wildman–Crippen MR) is 164 cm³/mol. The van der Waals surface area contributed by atoms with Crippen molar-refractivity contribution in [2.45, 2.75) is 70.5 Å². The van der Waals surface area contributed by atoms with E-state index in [1.807, 2.05) is 49.4 Å². The minimum absolute atomic E-state index is 0.000431. The summed E-state index contributed by atoms with van der Waals surface area (Å²) in [6.45, 7) is 1.28. The second-order valence-corrected chi connectivity index (χ2v) is 12.9. The highest BCUT2D eigenvalue weighted by Crippen LogP contribution is 2.23. The molecule has 1 aliphatic carbocycles. The van der Waals surface area contributed by atoms with Crippen LogP contribution < -0.4 is 9.62 Å². The number of benzene rings is 3. The van der Waals surface area contributed by atoms with Gasteiger partial charge in [0.05, 0.1) is 11.9 Å². The Labute approximate surface area is 248 Å². The maximum Gasteiger partial charge on any atom is 0.244 e. The van der Waals surface area contributed by atoms with Gasteiger partial charge in [-0.2, -0.15) is 0 Å². The van der Waals surface area contributed by atoms with Crippen molar-refractivity contribution in [1.29, 1.82) is 0 Å². The van der Waals surface area contributed by atoms with Crippen LogP contribution in [0.5, 0.6) is 0 Å². The first kappa shape index (κ1) is 31.2. The number of sulfonamides is 1. The number of carbonyl (C=O) groups excluding carboxylic acids is 2. The van der Waals surface area contributed by atoms with Gasteiger partial charge >= 0.3 is 0 Å². The Morgan fingerprint density at radius 2 is 1.55 bits per heavy atom. The molecule has 7 nitrogen and oxygen atoms in total. The highest BCUT2D eigenvalue weighted by molar-refractivity contribution is 7.92. The lowest BCUT2D eigenvalue weighted by atomic mass is 9.94. The minimum Gasteiger partial charge on any atom is -0.352 e. The molecule has 1 atom stereocenters. The number of nitrogens with zero attached hydrogens (tertiary/aromatic N) is 2. The van der Waals surface area contributed by atoms with E-state index in [2.05, 4.69) is 5.32 Å². The summed E-state index contributed by atoms with van der Waals surface area (Å²) in [5, 5.41) is 3.14. The minimum atomic E-state index is -3.86. The molecule has 0 aliphatic heterocycles. The van der Waals surface area contributed by atoms with Gasteiger partial charge in [-0.05, 0) is 48.6 Å². The lowest BCUT2D eigenvalue weighted by Crippen LogP contribution is -2.55. The summed E-state index contributed by atoms with van der Waals surface area (Å²) in [5.74, 6) is -1.42. The van der Waals surface area contributed by atoms with Crippen LogP contribution in [-0.4, -0.2) is 50.0 Å². The number of aryl methyl sites for hydroxylation is 1. The van der Waals surface area contributed by atoms with E-state index in [-0.39, 0.29) is 30.5 Å². The molecule has 3 aromatic carbocycles. The molecule has 0 aromatic heterocycles. The van der Waals surface area contributed by atoms with Gasteiger partial charge in [0.1, 0.15) is 18.4 Å². The maximum absolute atomic E-state index is 14.9. The molecule has 1 saturated carbocycles. The maximum atomic E-state index is 14.9. The fourth-order valence-corrected chi connectivity index (χ4v) is 6.27. The molecule has 0 unspecified atom stereocenters. The summed E-state index contributed by atoms with van der Waals surface area (Å²) in [4.78, 5) is 29.4. The Balaban J connectivity index is 1.72. The van der Waals surface area contributed by atoms with Gasteiger partial charge in [-0.3, -0.25) is 13.9 Å². The van der Waals surface area contributed by atoms with Crippen LogP contribution in [0.15, 0.2) is 78.9 Å². The first-order valence-corrected chi connectivity index (χ1v) is 16.4. The summed E-state index contributed by atoms with van der Waals surface area (Å²) in [7, 11) is -3.86. The van der Waals surface area contributed by atoms with Crippen LogP contribution in [0.1, 0.15) is 55.7 Å². The monoisotopic (exact) mass is 593 g/mol. The molecule has 1 aliphatic rings. The van der Waals surface area contributed by atoms with E-state index in [0.29, 0.717) is 5.69 Å². The number of nitrogens with one attached hydrogen (secondary N) is 1. The second-order valence-electron chi connectivity index (χ2n) is 11.0. The molecule has 1 fully saturated rings. The van der Waals surface area contributed by atoms with E-state index in [4.69, 9.17) is 0 Å². The first-order valence-electron chi connectivity index (χ1n) is 14.6. The number of carbonyl (C=O) groups is 2. The molecule has 3 aromatic rings. The Morgan fingerprint density at radius 3 is 2.17 bits per heavy atom. The number of hydrogen-bond donors (Lipinski definition) is 1. The highest BCUT2D eigenvalue weighted by atomic mass is 32.2. The van der Waals surface area contributed by atoms with Crippen molar-refractivity contribution in [3.8, 4) is 0 Å². The van der Waals surface area contributed by atoms with E-state index >= 15 is 0 Å². The van der Waals surface area contributed by atoms with Crippen molar-refractivity contribution in [3.63, 3.8) is 0 Å². The largest absolute Gasteiger partial charge is 0.352 e. The predicted octanol–water partition coefficient (Wildman–Crippen LogP) is 5.24. The van der Waals surface area contributed by atoms with Gasteiger partial charge < -0.3 is 10.2 Å². The molecular formula is C33H40FN3O4S. The molecule has 4 rings (SSSR count). The van der Waals surface area contributed by atoms with E-state index in [9.17, 15) is 22.4 Å². The van der Waals surface area contributed by atoms with Crippen molar-refractivity contribution in [1.82, 2.24) is 10.2 Å². The molecule has 42 heavy (non-hydrogen) atoms. The van der Waals surface area contributed by atoms with Gasteiger partial charge in [0, 0.05) is 24.6 Å². The lowest BCUT2D eigenvalue weighted by Gasteiger charge is -2.35. The van der Waals surface area contributed by atoms with Crippen LogP contribution in [-0.2, 0) is 39.0 Å². The molecule has 1 N–H and O–H groups in total. The molecule has 0 spiro atoms. The van der Waals surface area contributed by atoms with E-state index < -0.39 is 34.3 Å². The molecule has 2 amide bonds. The fraction of sp³-hybridized carbons (Fsp3) is 0.394. The van der Waals surface area contributed by atoms with Crippen molar-refractivity contribution in [3.05, 3.63) is 101 Å². The number of halogens is 1. The number of hydrogen-bond acceptors (Lipinski definition) is 4. The molecule has 0 radical (unpaired) electrons. The zero-order valence-corrected chi connectivity index (χ0v) is 25.2. The number of rotatable bonds is 12. The van der Waals surface area contributed by atoms with Gasteiger partial charge in [0.25, 0.3) is 0 Å². The van der Waals surface area contributed by atoms with Crippen molar-refractivity contribution >= 4 is 27.5 Å². The average molecular weight is 594 g/mol.